The minimum atomic E-state index is -0.713. The summed E-state index contributed by atoms with van der Waals surface area (Å²) in [6, 6.07) is 5.86. The molecule has 0 fully saturated rings. The highest BCUT2D eigenvalue weighted by molar-refractivity contribution is 5.97. The first-order valence-electron chi connectivity index (χ1n) is 11.2. The second-order valence-electron chi connectivity index (χ2n) is 9.60. The Labute approximate surface area is 187 Å². The predicted molar refractivity (Wildman–Crippen MR) is 123 cm³/mol. The number of hydrazine groups is 1. The van der Waals surface area contributed by atoms with Gasteiger partial charge in [0.05, 0.1) is 17.8 Å². The van der Waals surface area contributed by atoms with Gasteiger partial charge in [0, 0.05) is 32.5 Å². The fraction of sp³-hybridized carbons (Fsp3) is 0.667. The summed E-state index contributed by atoms with van der Waals surface area (Å²) < 4.78 is 11.8. The van der Waals surface area contributed by atoms with E-state index >= 15 is 0 Å². The summed E-state index contributed by atoms with van der Waals surface area (Å²) in [6.07, 6.45) is 1.89. The summed E-state index contributed by atoms with van der Waals surface area (Å²) >= 11 is 0. The predicted octanol–water partition coefficient (Wildman–Crippen LogP) is 4.84. The Hall–Kier alpha value is -2.28. The van der Waals surface area contributed by atoms with E-state index < -0.39 is 17.9 Å². The molecule has 7 heteroatoms. The molecule has 0 saturated carbocycles. The number of aryl methyl sites for hydroxylation is 1. The number of carbonyl (C=O) groups is 2. The van der Waals surface area contributed by atoms with E-state index in [0.717, 1.165) is 29.8 Å². The number of hydrogen-bond acceptors (Lipinski definition) is 5. The number of nitrogens with zero attached hydrogens (tertiary/aromatic N) is 3. The molecule has 7 nitrogen and oxygen atoms in total. The largest absolute Gasteiger partial charge is 0.494 e. The van der Waals surface area contributed by atoms with Crippen LogP contribution in [0.5, 0.6) is 5.75 Å². The van der Waals surface area contributed by atoms with Crippen LogP contribution in [0.2, 0.25) is 0 Å². The molecule has 1 aliphatic heterocycles. The van der Waals surface area contributed by atoms with Crippen LogP contribution in [0.3, 0.4) is 0 Å². The number of amides is 2. The minimum Gasteiger partial charge on any atom is -0.494 e. The summed E-state index contributed by atoms with van der Waals surface area (Å²) in [5.74, 6) is 0.592. The van der Waals surface area contributed by atoms with Gasteiger partial charge in [0.2, 0.25) is 5.91 Å². The van der Waals surface area contributed by atoms with Crippen LogP contribution >= 0.6 is 0 Å². The molecule has 0 aromatic heterocycles. The highest BCUT2D eigenvalue weighted by Crippen LogP contribution is 2.35. The molecule has 0 saturated heterocycles. The number of fused-ring (bicyclic) bond motifs is 1. The third-order valence-electron chi connectivity index (χ3n) is 5.21. The fourth-order valence-corrected chi connectivity index (χ4v) is 3.86. The van der Waals surface area contributed by atoms with Gasteiger partial charge in [0.25, 0.3) is 0 Å². The SMILES string of the molecule is CCCCOc1ccc2c(c1)N(C(OC(=O)N(N(C)C)C(C)(C)C)C(C)C)C(=O)CC2. The Morgan fingerprint density at radius 3 is 2.42 bits per heavy atom. The summed E-state index contributed by atoms with van der Waals surface area (Å²) in [5, 5.41) is 3.27. The van der Waals surface area contributed by atoms with Crippen LogP contribution in [0.25, 0.3) is 0 Å². The number of hydrogen-bond donors (Lipinski definition) is 0. The zero-order valence-corrected chi connectivity index (χ0v) is 20.4. The third-order valence-corrected chi connectivity index (χ3v) is 5.21. The van der Waals surface area contributed by atoms with E-state index in [1.165, 1.54) is 0 Å². The Balaban J connectivity index is 2.37. The van der Waals surface area contributed by atoms with E-state index in [0.29, 0.717) is 19.4 Å². The lowest BCUT2D eigenvalue weighted by Gasteiger charge is -2.42. The van der Waals surface area contributed by atoms with Gasteiger partial charge in [-0.05, 0) is 45.2 Å². The Bertz CT molecular complexity index is 771. The van der Waals surface area contributed by atoms with E-state index in [-0.39, 0.29) is 11.8 Å². The maximum atomic E-state index is 13.1. The monoisotopic (exact) mass is 433 g/mol. The van der Waals surface area contributed by atoms with Crippen molar-refractivity contribution >= 4 is 17.7 Å². The van der Waals surface area contributed by atoms with Crippen molar-refractivity contribution in [3.8, 4) is 5.75 Å². The first-order chi connectivity index (χ1) is 14.5. The molecular weight excluding hydrogens is 394 g/mol. The Morgan fingerprint density at radius 1 is 1.19 bits per heavy atom. The molecule has 31 heavy (non-hydrogen) atoms. The van der Waals surface area contributed by atoms with Crippen LogP contribution in [0, 0.1) is 5.92 Å². The number of unbranched alkanes of at least 4 members (excludes halogenated alkanes) is 1. The summed E-state index contributed by atoms with van der Waals surface area (Å²) in [4.78, 5) is 27.8. The van der Waals surface area contributed by atoms with Gasteiger partial charge in [-0.15, -0.1) is 0 Å². The molecule has 2 rings (SSSR count). The van der Waals surface area contributed by atoms with Crippen LogP contribution in [0.15, 0.2) is 18.2 Å². The molecule has 0 bridgehead atoms. The van der Waals surface area contributed by atoms with Crippen molar-refractivity contribution in [1.82, 2.24) is 10.0 Å². The molecule has 0 radical (unpaired) electrons. The molecule has 1 atom stereocenters. The van der Waals surface area contributed by atoms with Gasteiger partial charge >= 0.3 is 6.09 Å². The van der Waals surface area contributed by atoms with Crippen molar-refractivity contribution in [3.63, 3.8) is 0 Å². The van der Waals surface area contributed by atoms with Crippen molar-refractivity contribution in [1.29, 1.82) is 0 Å². The molecule has 2 amide bonds. The van der Waals surface area contributed by atoms with Crippen molar-refractivity contribution in [2.75, 3.05) is 25.6 Å². The third kappa shape index (κ3) is 6.12. The van der Waals surface area contributed by atoms with Gasteiger partial charge in [-0.1, -0.05) is 33.3 Å². The Morgan fingerprint density at radius 2 is 1.87 bits per heavy atom. The first kappa shape index (κ1) is 25.0. The van der Waals surface area contributed by atoms with E-state index in [1.54, 1.807) is 29.0 Å². The average Bonchev–Trinajstić information content (AvgIpc) is 2.65. The van der Waals surface area contributed by atoms with Gasteiger partial charge in [-0.25, -0.2) is 14.8 Å². The van der Waals surface area contributed by atoms with Crippen molar-refractivity contribution in [3.05, 3.63) is 23.8 Å². The summed E-state index contributed by atoms with van der Waals surface area (Å²) in [6.45, 7) is 12.5. The van der Waals surface area contributed by atoms with Gasteiger partial charge in [0.15, 0.2) is 6.23 Å². The topological polar surface area (TPSA) is 62.3 Å². The van der Waals surface area contributed by atoms with Crippen LogP contribution < -0.4 is 9.64 Å². The number of rotatable bonds is 8. The molecule has 1 aromatic carbocycles. The van der Waals surface area contributed by atoms with Crippen molar-refractivity contribution in [2.24, 2.45) is 5.92 Å². The number of anilines is 1. The van der Waals surface area contributed by atoms with E-state index in [1.807, 2.05) is 52.8 Å². The van der Waals surface area contributed by atoms with Crippen molar-refractivity contribution < 1.29 is 19.1 Å². The summed E-state index contributed by atoms with van der Waals surface area (Å²) in [5.41, 5.74) is 1.36. The maximum absolute atomic E-state index is 13.1. The lowest BCUT2D eigenvalue weighted by atomic mass is 9.98. The number of carbonyl (C=O) groups excluding carboxylic acids is 2. The highest BCUT2D eigenvalue weighted by Gasteiger charge is 2.38. The minimum absolute atomic E-state index is 0.0446. The first-order valence-corrected chi connectivity index (χ1v) is 11.2. The zero-order chi connectivity index (χ0) is 23.3. The fourth-order valence-electron chi connectivity index (χ4n) is 3.86. The van der Waals surface area contributed by atoms with E-state index in [4.69, 9.17) is 9.47 Å². The lowest BCUT2D eigenvalue weighted by molar-refractivity contribution is -0.122. The van der Waals surface area contributed by atoms with Gasteiger partial charge in [0.1, 0.15) is 5.75 Å². The molecule has 0 spiro atoms. The van der Waals surface area contributed by atoms with E-state index in [9.17, 15) is 9.59 Å². The lowest BCUT2D eigenvalue weighted by Crippen LogP contribution is -2.56. The quantitative estimate of drug-likeness (QED) is 0.434. The Kier molecular flexibility index (Phi) is 8.34. The summed E-state index contributed by atoms with van der Waals surface area (Å²) in [7, 11) is 3.61. The molecule has 1 aromatic rings. The number of ether oxygens (including phenoxy) is 2. The average molecular weight is 434 g/mol. The molecule has 174 valence electrons. The zero-order valence-electron chi connectivity index (χ0n) is 20.4. The van der Waals surface area contributed by atoms with Crippen LogP contribution in [0.4, 0.5) is 10.5 Å². The highest BCUT2D eigenvalue weighted by atomic mass is 16.6. The van der Waals surface area contributed by atoms with Gasteiger partial charge in [-0.2, -0.15) is 0 Å². The second-order valence-corrected chi connectivity index (χ2v) is 9.60. The molecule has 1 aliphatic rings. The van der Waals surface area contributed by atoms with E-state index in [2.05, 4.69) is 6.92 Å². The smallest absolute Gasteiger partial charge is 0.426 e. The molecule has 0 N–H and O–H groups in total. The van der Waals surface area contributed by atoms with Gasteiger partial charge in [-0.3, -0.25) is 9.69 Å². The van der Waals surface area contributed by atoms with Crippen molar-refractivity contribution in [2.45, 2.75) is 79.0 Å². The second kappa shape index (κ2) is 10.4. The van der Waals surface area contributed by atoms with Crippen LogP contribution in [-0.4, -0.2) is 54.5 Å². The molecule has 1 heterocycles. The molecular formula is C24H39N3O4. The normalized spacial score (nSPS) is 15.2. The van der Waals surface area contributed by atoms with Crippen LogP contribution in [-0.2, 0) is 16.0 Å². The molecule has 1 unspecified atom stereocenters. The maximum Gasteiger partial charge on any atom is 0.426 e. The standard InChI is InChI=1S/C24H39N3O4/c1-9-10-15-30-19-13-11-18-12-14-21(28)26(20(18)16-19)22(17(2)3)31-23(29)27(25(7)8)24(4,5)6/h11,13,16-17,22H,9-10,12,14-15H2,1-8H3. The molecule has 0 aliphatic carbocycles. The van der Waals surface area contributed by atoms with Crippen LogP contribution in [0.1, 0.15) is 66.4 Å². The number of benzene rings is 1. The van der Waals surface area contributed by atoms with Gasteiger partial charge < -0.3 is 9.47 Å².